The first-order valence-corrected chi connectivity index (χ1v) is 11.6. The number of nitrogens with zero attached hydrogens (tertiary/aromatic N) is 3. The Morgan fingerprint density at radius 2 is 1.62 bits per heavy atom. The van der Waals surface area contributed by atoms with Crippen LogP contribution in [-0.2, 0) is 19.7 Å². The van der Waals surface area contributed by atoms with Crippen molar-refractivity contribution in [1.29, 1.82) is 0 Å². The number of nitrogens with one attached hydrogen (secondary N) is 1. The highest BCUT2D eigenvalue weighted by molar-refractivity contribution is 7.86. The number of carbonyl (C=O) groups is 1. The van der Waals surface area contributed by atoms with E-state index >= 15 is 0 Å². The Kier molecular flexibility index (Phi) is 7.65. The average molecular weight is 481 g/mol. The van der Waals surface area contributed by atoms with Gasteiger partial charge in [0.05, 0.1) is 18.8 Å². The van der Waals surface area contributed by atoms with E-state index in [0.717, 1.165) is 12.1 Å². The van der Waals surface area contributed by atoms with Crippen LogP contribution in [0.2, 0.25) is 0 Å². The van der Waals surface area contributed by atoms with E-state index in [1.807, 2.05) is 18.7 Å². The van der Waals surface area contributed by atoms with Gasteiger partial charge in [0.15, 0.2) is 0 Å². The molecule has 9 nitrogen and oxygen atoms in total. The van der Waals surface area contributed by atoms with E-state index in [1.54, 1.807) is 0 Å². The van der Waals surface area contributed by atoms with Crippen molar-refractivity contribution in [3.63, 3.8) is 0 Å². The first kappa shape index (κ1) is 24.7. The van der Waals surface area contributed by atoms with E-state index in [4.69, 9.17) is 4.74 Å². The maximum Gasteiger partial charge on any atom is 0.573 e. The second-order valence-corrected chi connectivity index (χ2v) is 9.81. The lowest BCUT2D eigenvalue weighted by atomic mass is 10.3. The number of piperazine rings is 1. The molecule has 1 amide bonds. The molecule has 0 bridgehead atoms. The number of alkyl halides is 3. The second-order valence-electron chi connectivity index (χ2n) is 7.88. The van der Waals surface area contributed by atoms with E-state index in [1.165, 1.54) is 20.7 Å². The molecule has 2 heterocycles. The van der Waals surface area contributed by atoms with Crippen molar-refractivity contribution in [2.75, 3.05) is 51.1 Å². The van der Waals surface area contributed by atoms with E-state index in [2.05, 4.69) is 10.1 Å². The third-order valence-corrected chi connectivity index (χ3v) is 7.08. The summed E-state index contributed by atoms with van der Waals surface area (Å²) in [6, 6.07) is 4.85. The number of halogens is 3. The zero-order valence-electron chi connectivity index (χ0n) is 17.8. The summed E-state index contributed by atoms with van der Waals surface area (Å²) in [5.74, 6) is -0.724. The van der Waals surface area contributed by atoms with Gasteiger partial charge in [0, 0.05) is 45.0 Å². The fourth-order valence-electron chi connectivity index (χ4n) is 3.74. The van der Waals surface area contributed by atoms with Gasteiger partial charge in [0.1, 0.15) is 5.75 Å². The third-order valence-electron chi connectivity index (χ3n) is 5.11. The molecule has 1 aromatic rings. The fourth-order valence-corrected chi connectivity index (χ4v) is 5.49. The molecule has 2 fully saturated rings. The molecule has 2 saturated heterocycles. The summed E-state index contributed by atoms with van der Waals surface area (Å²) < 4.78 is 74.7. The van der Waals surface area contributed by atoms with E-state index in [0.29, 0.717) is 31.9 Å². The Bertz CT molecular complexity index is 879. The van der Waals surface area contributed by atoms with Crippen molar-refractivity contribution in [2.24, 2.45) is 0 Å². The van der Waals surface area contributed by atoms with Gasteiger partial charge in [-0.15, -0.1) is 13.2 Å². The van der Waals surface area contributed by atoms with Crippen LogP contribution in [-0.4, -0.2) is 92.2 Å². The van der Waals surface area contributed by atoms with Gasteiger partial charge < -0.3 is 14.8 Å². The Hall–Kier alpha value is -1.93. The quantitative estimate of drug-likeness (QED) is 0.664. The molecule has 1 N–H and O–H groups in total. The molecule has 32 heavy (non-hydrogen) atoms. The molecule has 2 atom stereocenters. The number of hydrogen-bond donors (Lipinski definition) is 1. The maximum absolute atomic E-state index is 12.9. The van der Waals surface area contributed by atoms with Crippen LogP contribution in [0.5, 0.6) is 5.75 Å². The SMILES string of the molecule is C[C@@H]1CN(S(=O)(=O)N2CCN(CC(=O)Nc3ccc(OC(F)(F)F)cc3)CC2)C[C@H](C)O1. The molecule has 180 valence electrons. The lowest BCUT2D eigenvalue weighted by Gasteiger charge is -2.40. The zero-order chi connectivity index (χ0) is 23.5. The van der Waals surface area contributed by atoms with Gasteiger partial charge in [-0.2, -0.15) is 17.0 Å². The number of ether oxygens (including phenoxy) is 2. The molecule has 0 aliphatic carbocycles. The Morgan fingerprint density at radius 3 is 2.16 bits per heavy atom. The number of anilines is 1. The topological polar surface area (TPSA) is 91.4 Å². The van der Waals surface area contributed by atoms with Crippen molar-refractivity contribution in [3.05, 3.63) is 24.3 Å². The fraction of sp³-hybridized carbons (Fsp3) is 0.632. The van der Waals surface area contributed by atoms with Gasteiger partial charge in [0.2, 0.25) is 5.91 Å². The summed E-state index contributed by atoms with van der Waals surface area (Å²) >= 11 is 0. The van der Waals surface area contributed by atoms with Crippen LogP contribution >= 0.6 is 0 Å². The molecule has 0 aromatic heterocycles. The highest BCUT2D eigenvalue weighted by atomic mass is 32.2. The smallest absolute Gasteiger partial charge is 0.406 e. The minimum atomic E-state index is -4.78. The number of carbonyl (C=O) groups excluding carboxylic acids is 1. The maximum atomic E-state index is 12.9. The van der Waals surface area contributed by atoms with Crippen LogP contribution in [0.1, 0.15) is 13.8 Å². The highest BCUT2D eigenvalue weighted by Crippen LogP contribution is 2.24. The molecule has 0 spiro atoms. The zero-order valence-corrected chi connectivity index (χ0v) is 18.7. The van der Waals surface area contributed by atoms with E-state index in [9.17, 15) is 26.4 Å². The Balaban J connectivity index is 1.47. The summed E-state index contributed by atoms with van der Waals surface area (Å²) in [6.45, 7) is 5.64. The highest BCUT2D eigenvalue weighted by Gasteiger charge is 2.37. The summed E-state index contributed by atoms with van der Waals surface area (Å²) in [7, 11) is -3.60. The van der Waals surface area contributed by atoms with Crippen molar-refractivity contribution in [1.82, 2.24) is 13.5 Å². The number of amides is 1. The molecule has 0 saturated carbocycles. The lowest BCUT2D eigenvalue weighted by Crippen LogP contribution is -2.57. The molecule has 2 aliphatic rings. The average Bonchev–Trinajstić information content (AvgIpc) is 2.68. The van der Waals surface area contributed by atoms with Crippen molar-refractivity contribution in [2.45, 2.75) is 32.4 Å². The van der Waals surface area contributed by atoms with Crippen LogP contribution in [0.15, 0.2) is 24.3 Å². The van der Waals surface area contributed by atoms with E-state index < -0.39 is 16.6 Å². The van der Waals surface area contributed by atoms with Crippen LogP contribution in [0.3, 0.4) is 0 Å². The van der Waals surface area contributed by atoms with Crippen molar-refractivity contribution < 1.29 is 35.9 Å². The predicted octanol–water partition coefficient (Wildman–Crippen LogP) is 1.50. The summed E-state index contributed by atoms with van der Waals surface area (Å²) in [5, 5.41) is 2.61. The number of benzene rings is 1. The molecular weight excluding hydrogens is 453 g/mol. The summed E-state index contributed by atoms with van der Waals surface area (Å²) in [5.41, 5.74) is 0.335. The normalized spacial score (nSPS) is 24.3. The molecule has 3 rings (SSSR count). The molecule has 2 aliphatic heterocycles. The summed E-state index contributed by atoms with van der Waals surface area (Å²) in [4.78, 5) is 14.1. The van der Waals surface area contributed by atoms with Crippen LogP contribution in [0, 0.1) is 0 Å². The third kappa shape index (κ3) is 6.78. The first-order chi connectivity index (χ1) is 14.9. The second kappa shape index (κ2) is 9.91. The van der Waals surface area contributed by atoms with Crippen LogP contribution in [0.4, 0.5) is 18.9 Å². The largest absolute Gasteiger partial charge is 0.573 e. The standard InChI is InChI=1S/C19H27F3N4O5S/c1-14-11-26(12-15(2)30-14)32(28,29)25-9-7-24(8-10-25)13-18(27)23-16-3-5-17(6-4-16)31-19(20,21)22/h3-6,14-15H,7-13H2,1-2H3,(H,23,27)/t14-,15+. The van der Waals surface area contributed by atoms with E-state index in [-0.39, 0.29) is 43.5 Å². The monoisotopic (exact) mass is 480 g/mol. The van der Waals surface area contributed by atoms with Gasteiger partial charge in [-0.1, -0.05) is 0 Å². The van der Waals surface area contributed by atoms with Gasteiger partial charge >= 0.3 is 6.36 Å². The first-order valence-electron chi connectivity index (χ1n) is 10.2. The Morgan fingerprint density at radius 1 is 1.06 bits per heavy atom. The van der Waals surface area contributed by atoms with Crippen LogP contribution in [0.25, 0.3) is 0 Å². The number of rotatable bonds is 6. The molecule has 0 radical (unpaired) electrons. The molecular formula is C19H27F3N4O5S. The van der Waals surface area contributed by atoms with Crippen LogP contribution < -0.4 is 10.1 Å². The Labute approximate surface area is 185 Å². The predicted molar refractivity (Wildman–Crippen MR) is 110 cm³/mol. The molecule has 0 unspecified atom stereocenters. The number of morpholine rings is 1. The number of hydrogen-bond acceptors (Lipinski definition) is 6. The van der Waals surface area contributed by atoms with Crippen molar-refractivity contribution in [3.8, 4) is 5.75 Å². The minimum absolute atomic E-state index is 0.0420. The summed E-state index contributed by atoms with van der Waals surface area (Å²) in [6.07, 6.45) is -5.13. The molecule has 1 aromatic carbocycles. The van der Waals surface area contributed by atoms with Gasteiger partial charge in [-0.05, 0) is 38.1 Å². The van der Waals surface area contributed by atoms with Crippen molar-refractivity contribution >= 4 is 21.8 Å². The molecule has 13 heteroatoms. The minimum Gasteiger partial charge on any atom is -0.406 e. The van der Waals surface area contributed by atoms with Gasteiger partial charge in [-0.3, -0.25) is 9.69 Å². The lowest BCUT2D eigenvalue weighted by molar-refractivity contribution is -0.274. The van der Waals surface area contributed by atoms with Gasteiger partial charge in [-0.25, -0.2) is 0 Å². The van der Waals surface area contributed by atoms with Gasteiger partial charge in [0.25, 0.3) is 10.2 Å².